The summed E-state index contributed by atoms with van der Waals surface area (Å²) in [6, 6.07) is 10.8. The summed E-state index contributed by atoms with van der Waals surface area (Å²) in [5.41, 5.74) is 6.25. The van der Waals surface area contributed by atoms with E-state index in [2.05, 4.69) is 54.4 Å². The Balaban J connectivity index is 2.08. The molecule has 1 unspecified atom stereocenters. The predicted octanol–water partition coefficient (Wildman–Crippen LogP) is 3.76. The first-order valence-electron chi connectivity index (χ1n) is 6.74. The molecule has 92 valence electrons. The second-order valence-electron chi connectivity index (χ2n) is 5.11. The summed E-state index contributed by atoms with van der Waals surface area (Å²) in [4.78, 5) is 0. The summed E-state index contributed by atoms with van der Waals surface area (Å²) in [6.45, 7) is 4.41. The minimum Gasteiger partial charge on any atom is -0.155 e. The van der Waals surface area contributed by atoms with Gasteiger partial charge in [0.15, 0.2) is 0 Å². The Morgan fingerprint density at radius 2 is 1.89 bits per heavy atom. The molecule has 2 heteroatoms. The van der Waals surface area contributed by atoms with Crippen molar-refractivity contribution in [3.63, 3.8) is 0 Å². The van der Waals surface area contributed by atoms with Crippen molar-refractivity contribution < 1.29 is 0 Å². The van der Waals surface area contributed by atoms with Crippen LogP contribution in [0.25, 0.3) is 11.3 Å². The molecular weight excluding hydrogens is 220 g/mol. The van der Waals surface area contributed by atoms with Crippen LogP contribution in [0.3, 0.4) is 0 Å². The second kappa shape index (κ2) is 4.52. The van der Waals surface area contributed by atoms with Crippen molar-refractivity contribution >= 4 is 0 Å². The molecule has 0 spiro atoms. The van der Waals surface area contributed by atoms with Gasteiger partial charge in [0.1, 0.15) is 0 Å². The van der Waals surface area contributed by atoms with Gasteiger partial charge < -0.3 is 0 Å². The molecule has 1 aromatic carbocycles. The highest BCUT2D eigenvalue weighted by Gasteiger charge is 2.18. The van der Waals surface area contributed by atoms with Gasteiger partial charge in [-0.2, -0.15) is 5.10 Å². The molecule has 1 atom stereocenters. The van der Waals surface area contributed by atoms with Crippen LogP contribution in [0.5, 0.6) is 0 Å². The van der Waals surface area contributed by atoms with Crippen LogP contribution in [0.2, 0.25) is 0 Å². The van der Waals surface area contributed by atoms with Gasteiger partial charge in [-0.1, -0.05) is 38.1 Å². The Bertz CT molecular complexity index is 575. The summed E-state index contributed by atoms with van der Waals surface area (Å²) in [6.07, 6.45) is 3.32. The molecule has 18 heavy (non-hydrogen) atoms. The van der Waals surface area contributed by atoms with Crippen molar-refractivity contribution in [3.05, 3.63) is 47.2 Å². The molecule has 3 rings (SSSR count). The van der Waals surface area contributed by atoms with Crippen molar-refractivity contribution in [3.8, 4) is 11.3 Å². The highest BCUT2D eigenvalue weighted by Crippen LogP contribution is 2.32. The lowest BCUT2D eigenvalue weighted by atomic mass is 9.88. The number of nitrogens with zero attached hydrogens (tertiary/aromatic N) is 2. The zero-order chi connectivity index (χ0) is 12.5. The van der Waals surface area contributed by atoms with Crippen LogP contribution in [-0.2, 0) is 12.8 Å². The van der Waals surface area contributed by atoms with E-state index >= 15 is 0 Å². The fraction of sp³-hybridized carbons (Fsp3) is 0.375. The van der Waals surface area contributed by atoms with Crippen LogP contribution in [-0.4, -0.2) is 10.2 Å². The predicted molar refractivity (Wildman–Crippen MR) is 73.6 cm³/mol. The number of hydrogen-bond acceptors (Lipinski definition) is 2. The van der Waals surface area contributed by atoms with Crippen LogP contribution < -0.4 is 0 Å². The normalized spacial score (nSPS) is 14.8. The van der Waals surface area contributed by atoms with E-state index in [-0.39, 0.29) is 0 Å². The maximum Gasteiger partial charge on any atom is 0.0964 e. The Hall–Kier alpha value is -1.70. The van der Waals surface area contributed by atoms with Crippen LogP contribution >= 0.6 is 0 Å². The lowest BCUT2D eigenvalue weighted by molar-refractivity contribution is 0.686. The number of aromatic nitrogens is 2. The Labute approximate surface area is 108 Å². The molecule has 0 saturated carbocycles. The number of hydrogen-bond donors (Lipinski definition) is 0. The average molecular weight is 238 g/mol. The fourth-order valence-electron chi connectivity index (χ4n) is 2.55. The van der Waals surface area contributed by atoms with Crippen molar-refractivity contribution in [2.75, 3.05) is 0 Å². The summed E-state index contributed by atoms with van der Waals surface area (Å²) >= 11 is 0. The van der Waals surface area contributed by atoms with E-state index in [1.54, 1.807) is 0 Å². The van der Waals surface area contributed by atoms with Crippen molar-refractivity contribution in [2.45, 2.75) is 39.0 Å². The maximum absolute atomic E-state index is 4.48. The molecule has 2 aromatic rings. The molecule has 1 aromatic heterocycles. The first kappa shape index (κ1) is 11.4. The third-order valence-corrected chi connectivity index (χ3v) is 3.95. The monoisotopic (exact) mass is 238 g/mol. The van der Waals surface area contributed by atoms with Gasteiger partial charge in [-0.15, -0.1) is 5.10 Å². The molecule has 0 saturated heterocycles. The molecule has 0 radical (unpaired) electrons. The largest absolute Gasteiger partial charge is 0.155 e. The zero-order valence-corrected chi connectivity index (χ0v) is 11.0. The van der Waals surface area contributed by atoms with E-state index in [4.69, 9.17) is 0 Å². The van der Waals surface area contributed by atoms with Crippen molar-refractivity contribution in [1.82, 2.24) is 10.2 Å². The van der Waals surface area contributed by atoms with Crippen molar-refractivity contribution in [2.24, 2.45) is 0 Å². The van der Waals surface area contributed by atoms with Crippen LogP contribution in [0.4, 0.5) is 0 Å². The maximum atomic E-state index is 4.48. The van der Waals surface area contributed by atoms with Gasteiger partial charge >= 0.3 is 0 Å². The topological polar surface area (TPSA) is 25.8 Å². The standard InChI is InChI=1S/C16H18N2/c1-3-11(2)15-10-13-9-8-12-6-4-5-7-14(12)16(13)18-17-15/h4-7,10-11H,3,8-9H2,1-2H3. The van der Waals surface area contributed by atoms with E-state index in [9.17, 15) is 0 Å². The quantitative estimate of drug-likeness (QED) is 0.796. The molecule has 0 fully saturated rings. The molecule has 0 N–H and O–H groups in total. The van der Waals surface area contributed by atoms with Crippen LogP contribution in [0.1, 0.15) is 43.0 Å². The molecule has 0 amide bonds. The van der Waals surface area contributed by atoms with Gasteiger partial charge in [-0.25, -0.2) is 0 Å². The smallest absolute Gasteiger partial charge is 0.0964 e. The number of rotatable bonds is 2. The van der Waals surface area contributed by atoms with E-state index in [0.29, 0.717) is 5.92 Å². The number of aryl methyl sites for hydroxylation is 2. The van der Waals surface area contributed by atoms with Gasteiger partial charge in [0, 0.05) is 5.56 Å². The first-order chi connectivity index (χ1) is 8.79. The lowest BCUT2D eigenvalue weighted by Gasteiger charge is -2.19. The molecule has 0 aliphatic heterocycles. The third kappa shape index (κ3) is 1.82. The molecule has 0 bridgehead atoms. The minimum absolute atomic E-state index is 0.500. The van der Waals surface area contributed by atoms with E-state index in [1.165, 1.54) is 16.7 Å². The minimum atomic E-state index is 0.500. The Morgan fingerprint density at radius 1 is 1.11 bits per heavy atom. The Kier molecular flexibility index (Phi) is 2.86. The highest BCUT2D eigenvalue weighted by molar-refractivity contribution is 5.69. The summed E-state index contributed by atoms with van der Waals surface area (Å²) in [5.74, 6) is 0.500. The highest BCUT2D eigenvalue weighted by atomic mass is 15.1. The number of fused-ring (bicyclic) bond motifs is 3. The van der Waals surface area contributed by atoms with Crippen LogP contribution in [0.15, 0.2) is 30.3 Å². The van der Waals surface area contributed by atoms with Gasteiger partial charge in [0.25, 0.3) is 0 Å². The molecule has 1 aliphatic rings. The van der Waals surface area contributed by atoms with E-state index in [0.717, 1.165) is 30.7 Å². The van der Waals surface area contributed by atoms with Gasteiger partial charge in [0.05, 0.1) is 11.4 Å². The van der Waals surface area contributed by atoms with Crippen LogP contribution in [0, 0.1) is 0 Å². The summed E-state index contributed by atoms with van der Waals surface area (Å²) < 4.78 is 0. The molecule has 1 heterocycles. The Morgan fingerprint density at radius 3 is 2.72 bits per heavy atom. The fourth-order valence-corrected chi connectivity index (χ4v) is 2.55. The molecule has 1 aliphatic carbocycles. The van der Waals surface area contributed by atoms with E-state index < -0.39 is 0 Å². The van der Waals surface area contributed by atoms with Gasteiger partial charge in [-0.3, -0.25) is 0 Å². The number of benzene rings is 1. The summed E-state index contributed by atoms with van der Waals surface area (Å²) in [7, 11) is 0. The SMILES string of the molecule is CCC(C)c1cc2c(nn1)-c1ccccc1CC2. The third-order valence-electron chi connectivity index (χ3n) is 3.95. The first-order valence-corrected chi connectivity index (χ1v) is 6.74. The average Bonchev–Trinajstić information content (AvgIpc) is 2.45. The van der Waals surface area contributed by atoms with Gasteiger partial charge in [-0.05, 0) is 42.4 Å². The zero-order valence-electron chi connectivity index (χ0n) is 11.0. The van der Waals surface area contributed by atoms with Crippen molar-refractivity contribution in [1.29, 1.82) is 0 Å². The van der Waals surface area contributed by atoms with E-state index in [1.807, 2.05) is 0 Å². The lowest BCUT2D eigenvalue weighted by Crippen LogP contribution is -2.09. The molecule has 2 nitrogen and oxygen atoms in total. The van der Waals surface area contributed by atoms with Gasteiger partial charge in [0.2, 0.25) is 0 Å². The second-order valence-corrected chi connectivity index (χ2v) is 5.11. The summed E-state index contributed by atoms with van der Waals surface area (Å²) in [5, 5.41) is 8.89. The molecular formula is C16H18N2.